The molecule has 0 aliphatic carbocycles. The second-order valence-electron chi connectivity index (χ2n) is 6.03. The summed E-state index contributed by atoms with van der Waals surface area (Å²) in [5.74, 6) is 0.633. The van der Waals surface area contributed by atoms with Gasteiger partial charge in [0.15, 0.2) is 4.80 Å². The number of ether oxygens (including phenoxy) is 2. The third-order valence-corrected chi connectivity index (χ3v) is 5.15. The van der Waals surface area contributed by atoms with Gasteiger partial charge in [-0.1, -0.05) is 41.2 Å². The molecule has 0 aliphatic heterocycles. The molecule has 0 unspecified atom stereocenters. The summed E-state index contributed by atoms with van der Waals surface area (Å²) in [7, 11) is 3.31. The number of thiazole rings is 1. The van der Waals surface area contributed by atoms with Crippen molar-refractivity contribution in [2.24, 2.45) is 4.99 Å². The maximum atomic E-state index is 12.5. The molecule has 26 heavy (non-hydrogen) atoms. The maximum Gasteiger partial charge on any atom is 0.252 e. The molecule has 0 spiro atoms. The normalized spacial score (nSPS) is 11.9. The topological polar surface area (TPSA) is 52.8 Å². The standard InChI is InChI=1S/C20H22N2O3S/c1-14-4-6-15(7-5-14)12-19(23)21-20-22(10-11-24-2)17-9-8-16(25-3)13-18(17)26-20/h4-9,13H,10-12H2,1-3H3. The number of benzene rings is 2. The van der Waals surface area contributed by atoms with E-state index in [0.29, 0.717) is 24.4 Å². The number of aryl methyl sites for hydroxylation is 1. The Labute approximate surface area is 156 Å². The van der Waals surface area contributed by atoms with E-state index in [0.717, 1.165) is 21.5 Å². The lowest BCUT2D eigenvalue weighted by atomic mass is 10.1. The van der Waals surface area contributed by atoms with Crippen molar-refractivity contribution in [1.29, 1.82) is 0 Å². The number of rotatable bonds is 6. The van der Waals surface area contributed by atoms with E-state index in [-0.39, 0.29) is 5.91 Å². The summed E-state index contributed by atoms with van der Waals surface area (Å²) in [6, 6.07) is 13.8. The Morgan fingerprint density at radius 2 is 1.92 bits per heavy atom. The van der Waals surface area contributed by atoms with E-state index in [1.165, 1.54) is 16.9 Å². The number of carbonyl (C=O) groups excluding carboxylic acids is 1. The lowest BCUT2D eigenvalue weighted by Gasteiger charge is -2.05. The number of hydrogen-bond donors (Lipinski definition) is 0. The molecule has 0 aliphatic rings. The average Bonchev–Trinajstić information content (AvgIpc) is 2.97. The van der Waals surface area contributed by atoms with Gasteiger partial charge in [0.2, 0.25) is 0 Å². The second kappa shape index (κ2) is 8.29. The number of fused-ring (bicyclic) bond motifs is 1. The van der Waals surface area contributed by atoms with Crippen LogP contribution in [-0.4, -0.2) is 31.3 Å². The fourth-order valence-corrected chi connectivity index (χ4v) is 3.79. The SMILES string of the molecule is COCCn1c(=NC(=O)Cc2ccc(C)cc2)sc2cc(OC)ccc21. The highest BCUT2D eigenvalue weighted by Gasteiger charge is 2.09. The number of hydrogen-bond acceptors (Lipinski definition) is 4. The van der Waals surface area contributed by atoms with Gasteiger partial charge in [-0.25, -0.2) is 0 Å². The minimum Gasteiger partial charge on any atom is -0.497 e. The Morgan fingerprint density at radius 1 is 1.15 bits per heavy atom. The summed E-state index contributed by atoms with van der Waals surface area (Å²) in [5.41, 5.74) is 3.17. The third-order valence-electron chi connectivity index (χ3n) is 4.11. The van der Waals surface area contributed by atoms with E-state index in [2.05, 4.69) is 4.99 Å². The highest BCUT2D eigenvalue weighted by Crippen LogP contribution is 2.23. The van der Waals surface area contributed by atoms with Crippen LogP contribution in [0.3, 0.4) is 0 Å². The quantitative estimate of drug-likeness (QED) is 0.669. The van der Waals surface area contributed by atoms with Gasteiger partial charge in [-0.15, -0.1) is 0 Å². The van der Waals surface area contributed by atoms with E-state index in [1.807, 2.05) is 54.0 Å². The van der Waals surface area contributed by atoms with Crippen LogP contribution >= 0.6 is 11.3 Å². The predicted molar refractivity (Wildman–Crippen MR) is 104 cm³/mol. The van der Waals surface area contributed by atoms with Crippen molar-refractivity contribution >= 4 is 27.5 Å². The zero-order valence-electron chi connectivity index (χ0n) is 15.2. The van der Waals surface area contributed by atoms with Gasteiger partial charge in [0.25, 0.3) is 5.91 Å². The van der Waals surface area contributed by atoms with Gasteiger partial charge < -0.3 is 14.0 Å². The van der Waals surface area contributed by atoms with Crippen molar-refractivity contribution in [3.05, 3.63) is 58.4 Å². The summed E-state index contributed by atoms with van der Waals surface area (Å²) >= 11 is 1.49. The lowest BCUT2D eigenvalue weighted by molar-refractivity contribution is -0.117. The minimum atomic E-state index is -0.154. The summed E-state index contributed by atoms with van der Waals surface area (Å²) in [5, 5.41) is 0. The van der Waals surface area contributed by atoms with Crippen molar-refractivity contribution in [2.45, 2.75) is 19.9 Å². The summed E-state index contributed by atoms with van der Waals surface area (Å²) in [6.07, 6.45) is 0.294. The first-order chi connectivity index (χ1) is 12.6. The molecule has 3 aromatic rings. The number of methoxy groups -OCH3 is 2. The Morgan fingerprint density at radius 3 is 2.62 bits per heavy atom. The summed E-state index contributed by atoms with van der Waals surface area (Å²) < 4.78 is 13.6. The Bertz CT molecular complexity index is 971. The molecule has 0 N–H and O–H groups in total. The smallest absolute Gasteiger partial charge is 0.252 e. The van der Waals surface area contributed by atoms with Crippen molar-refractivity contribution in [3.8, 4) is 5.75 Å². The van der Waals surface area contributed by atoms with Crippen molar-refractivity contribution in [2.75, 3.05) is 20.8 Å². The summed E-state index contributed by atoms with van der Waals surface area (Å²) in [6.45, 7) is 3.22. The molecule has 1 aromatic heterocycles. The van der Waals surface area contributed by atoms with Gasteiger partial charge >= 0.3 is 0 Å². The fourth-order valence-electron chi connectivity index (χ4n) is 2.69. The molecule has 5 nitrogen and oxygen atoms in total. The molecule has 0 saturated heterocycles. The molecule has 1 amide bonds. The van der Waals surface area contributed by atoms with E-state index in [1.54, 1.807) is 14.2 Å². The molecular formula is C20H22N2O3S. The van der Waals surface area contributed by atoms with Gasteiger partial charge in [0, 0.05) is 13.7 Å². The fraction of sp³-hybridized carbons (Fsp3) is 0.300. The molecule has 0 fully saturated rings. The van der Waals surface area contributed by atoms with E-state index >= 15 is 0 Å². The van der Waals surface area contributed by atoms with E-state index in [4.69, 9.17) is 9.47 Å². The Balaban J connectivity index is 1.96. The largest absolute Gasteiger partial charge is 0.497 e. The van der Waals surface area contributed by atoms with Crippen LogP contribution in [0.15, 0.2) is 47.5 Å². The predicted octanol–water partition coefficient (Wildman–Crippen LogP) is 3.34. The van der Waals surface area contributed by atoms with Crippen LogP contribution in [0, 0.1) is 6.92 Å². The van der Waals surface area contributed by atoms with Crippen LogP contribution in [0.25, 0.3) is 10.2 Å². The molecule has 6 heteroatoms. The first-order valence-electron chi connectivity index (χ1n) is 8.40. The highest BCUT2D eigenvalue weighted by atomic mass is 32.1. The number of nitrogens with zero attached hydrogens (tertiary/aromatic N) is 2. The van der Waals surface area contributed by atoms with Crippen molar-refractivity contribution in [3.63, 3.8) is 0 Å². The van der Waals surface area contributed by atoms with Crippen molar-refractivity contribution < 1.29 is 14.3 Å². The van der Waals surface area contributed by atoms with Gasteiger partial charge in [-0.05, 0) is 30.7 Å². The molecule has 136 valence electrons. The highest BCUT2D eigenvalue weighted by molar-refractivity contribution is 7.16. The van der Waals surface area contributed by atoms with E-state index in [9.17, 15) is 4.79 Å². The molecule has 1 heterocycles. The van der Waals surface area contributed by atoms with E-state index < -0.39 is 0 Å². The third kappa shape index (κ3) is 4.20. The molecule has 2 aromatic carbocycles. The minimum absolute atomic E-state index is 0.154. The number of aromatic nitrogens is 1. The number of carbonyl (C=O) groups is 1. The van der Waals surface area contributed by atoms with Crippen LogP contribution in [0.5, 0.6) is 5.75 Å². The molecule has 3 rings (SSSR count). The Hall–Kier alpha value is -2.44. The van der Waals surface area contributed by atoms with Gasteiger partial charge in [0.1, 0.15) is 5.75 Å². The van der Waals surface area contributed by atoms with Gasteiger partial charge in [-0.3, -0.25) is 4.79 Å². The zero-order valence-corrected chi connectivity index (χ0v) is 16.0. The van der Waals surface area contributed by atoms with Crippen LogP contribution in [0.1, 0.15) is 11.1 Å². The van der Waals surface area contributed by atoms with Crippen LogP contribution in [0.2, 0.25) is 0 Å². The van der Waals surface area contributed by atoms with Crippen LogP contribution in [-0.2, 0) is 22.5 Å². The second-order valence-corrected chi connectivity index (χ2v) is 7.04. The number of amides is 1. The average molecular weight is 370 g/mol. The maximum absolute atomic E-state index is 12.5. The van der Waals surface area contributed by atoms with Crippen LogP contribution in [0.4, 0.5) is 0 Å². The zero-order chi connectivity index (χ0) is 18.5. The molecule has 0 bridgehead atoms. The summed E-state index contributed by atoms with van der Waals surface area (Å²) in [4.78, 5) is 17.5. The van der Waals surface area contributed by atoms with Crippen molar-refractivity contribution in [1.82, 2.24) is 4.57 Å². The van der Waals surface area contributed by atoms with Crippen LogP contribution < -0.4 is 9.54 Å². The monoisotopic (exact) mass is 370 g/mol. The molecular weight excluding hydrogens is 348 g/mol. The molecule has 0 radical (unpaired) electrons. The Kier molecular flexibility index (Phi) is 5.85. The first-order valence-corrected chi connectivity index (χ1v) is 9.22. The van der Waals surface area contributed by atoms with Gasteiger partial charge in [0.05, 0.1) is 30.4 Å². The lowest BCUT2D eigenvalue weighted by Crippen LogP contribution is -2.19. The first kappa shape index (κ1) is 18.4. The molecule has 0 atom stereocenters. The van der Waals surface area contributed by atoms with Gasteiger partial charge in [-0.2, -0.15) is 4.99 Å². The molecule has 0 saturated carbocycles.